The summed E-state index contributed by atoms with van der Waals surface area (Å²) in [5.74, 6) is 5.45. The van der Waals surface area contributed by atoms with E-state index in [1.807, 2.05) is 0 Å². The zero-order valence-electron chi connectivity index (χ0n) is 7.96. The van der Waals surface area contributed by atoms with Crippen LogP contribution in [0.4, 0.5) is 4.39 Å². The number of nitrogens with two attached hydrogens (primary N) is 1. The molecule has 3 heteroatoms. The lowest BCUT2D eigenvalue weighted by atomic mass is 10.2. The van der Waals surface area contributed by atoms with Crippen molar-refractivity contribution in [3.8, 4) is 11.8 Å². The van der Waals surface area contributed by atoms with Crippen LogP contribution in [0.2, 0.25) is 0 Å². The topological polar surface area (TPSA) is 38.9 Å². The summed E-state index contributed by atoms with van der Waals surface area (Å²) in [6.45, 7) is 0.698. The number of nitrogens with zero attached hydrogens (tertiary/aromatic N) is 1. The van der Waals surface area contributed by atoms with Gasteiger partial charge in [-0.25, -0.2) is 4.39 Å². The molecule has 0 fully saturated rings. The van der Waals surface area contributed by atoms with Gasteiger partial charge in [0.25, 0.3) is 0 Å². The largest absolute Gasteiger partial charge is 0.330 e. The van der Waals surface area contributed by atoms with Gasteiger partial charge in [0, 0.05) is 18.2 Å². The molecule has 1 aromatic rings. The summed E-state index contributed by atoms with van der Waals surface area (Å²) >= 11 is 0. The maximum absolute atomic E-state index is 12.7. The predicted molar refractivity (Wildman–Crippen MR) is 54.0 cm³/mol. The van der Waals surface area contributed by atoms with Crippen LogP contribution in [0, 0.1) is 17.7 Å². The molecule has 0 aliphatic rings. The van der Waals surface area contributed by atoms with Crippen LogP contribution >= 0.6 is 0 Å². The van der Waals surface area contributed by atoms with Gasteiger partial charge in [0.05, 0.1) is 6.20 Å². The average molecular weight is 192 g/mol. The standard InChI is InChI=1S/C11H13FN2/c12-11-7-10(8-14-9-11)5-3-1-2-4-6-13/h7-9H,1-2,4,6,13H2. The maximum Gasteiger partial charge on any atom is 0.142 e. The molecule has 0 bridgehead atoms. The van der Waals surface area contributed by atoms with Gasteiger partial charge in [-0.15, -0.1) is 0 Å². The number of hydrogen-bond donors (Lipinski definition) is 1. The highest BCUT2D eigenvalue weighted by Crippen LogP contribution is 1.99. The number of aromatic nitrogens is 1. The summed E-state index contributed by atoms with van der Waals surface area (Å²) in [7, 11) is 0. The number of hydrogen-bond acceptors (Lipinski definition) is 2. The molecule has 0 aromatic carbocycles. The van der Waals surface area contributed by atoms with Crippen molar-refractivity contribution in [1.82, 2.24) is 4.98 Å². The smallest absolute Gasteiger partial charge is 0.142 e. The molecule has 1 rings (SSSR count). The molecule has 0 spiro atoms. The monoisotopic (exact) mass is 192 g/mol. The van der Waals surface area contributed by atoms with Crippen molar-refractivity contribution < 1.29 is 4.39 Å². The van der Waals surface area contributed by atoms with Crippen LogP contribution in [-0.4, -0.2) is 11.5 Å². The van der Waals surface area contributed by atoms with E-state index in [2.05, 4.69) is 16.8 Å². The Kier molecular flexibility index (Phi) is 4.66. The Balaban J connectivity index is 2.43. The predicted octanol–water partition coefficient (Wildman–Crippen LogP) is 1.70. The molecule has 0 radical (unpaired) electrons. The van der Waals surface area contributed by atoms with Crippen LogP contribution in [0.25, 0.3) is 0 Å². The third-order valence-corrected chi connectivity index (χ3v) is 1.69. The Morgan fingerprint density at radius 1 is 1.36 bits per heavy atom. The summed E-state index contributed by atoms with van der Waals surface area (Å²) < 4.78 is 12.7. The first-order valence-electron chi connectivity index (χ1n) is 4.62. The van der Waals surface area contributed by atoms with Gasteiger partial charge in [0.1, 0.15) is 5.82 Å². The van der Waals surface area contributed by atoms with Gasteiger partial charge < -0.3 is 5.73 Å². The number of halogens is 1. The second-order valence-corrected chi connectivity index (χ2v) is 2.94. The van der Waals surface area contributed by atoms with E-state index < -0.39 is 0 Å². The molecule has 1 heterocycles. The number of unbranched alkanes of at least 4 members (excludes halogenated alkanes) is 2. The molecular weight excluding hydrogens is 179 g/mol. The minimum atomic E-state index is -0.348. The van der Waals surface area contributed by atoms with E-state index >= 15 is 0 Å². The van der Waals surface area contributed by atoms with Gasteiger partial charge in [-0.1, -0.05) is 11.8 Å². The van der Waals surface area contributed by atoms with E-state index in [0.717, 1.165) is 19.3 Å². The zero-order valence-corrected chi connectivity index (χ0v) is 7.96. The second-order valence-electron chi connectivity index (χ2n) is 2.94. The van der Waals surface area contributed by atoms with Crippen molar-refractivity contribution in [1.29, 1.82) is 0 Å². The van der Waals surface area contributed by atoms with Crippen molar-refractivity contribution in [2.24, 2.45) is 5.73 Å². The molecule has 14 heavy (non-hydrogen) atoms. The first-order valence-corrected chi connectivity index (χ1v) is 4.62. The fourth-order valence-corrected chi connectivity index (χ4v) is 1.00. The molecule has 0 saturated carbocycles. The molecule has 2 N–H and O–H groups in total. The van der Waals surface area contributed by atoms with Crippen LogP contribution in [0.1, 0.15) is 24.8 Å². The lowest BCUT2D eigenvalue weighted by molar-refractivity contribution is 0.621. The van der Waals surface area contributed by atoms with Gasteiger partial charge in [0.15, 0.2) is 0 Å². The van der Waals surface area contributed by atoms with E-state index in [9.17, 15) is 4.39 Å². The number of rotatable bonds is 3. The van der Waals surface area contributed by atoms with Crippen LogP contribution in [-0.2, 0) is 0 Å². The van der Waals surface area contributed by atoms with Crippen molar-refractivity contribution in [2.75, 3.05) is 6.54 Å². The lowest BCUT2D eigenvalue weighted by Crippen LogP contribution is -1.96. The lowest BCUT2D eigenvalue weighted by Gasteiger charge is -1.90. The van der Waals surface area contributed by atoms with E-state index in [-0.39, 0.29) is 5.82 Å². The van der Waals surface area contributed by atoms with Gasteiger partial charge in [-0.2, -0.15) is 0 Å². The molecule has 0 saturated heterocycles. The van der Waals surface area contributed by atoms with Gasteiger partial charge in [-0.3, -0.25) is 4.98 Å². The van der Waals surface area contributed by atoms with Crippen LogP contribution in [0.5, 0.6) is 0 Å². The molecule has 1 aromatic heterocycles. The van der Waals surface area contributed by atoms with Crippen molar-refractivity contribution in [3.63, 3.8) is 0 Å². The van der Waals surface area contributed by atoms with Crippen molar-refractivity contribution >= 4 is 0 Å². The quantitative estimate of drug-likeness (QED) is 0.584. The van der Waals surface area contributed by atoms with E-state index in [0.29, 0.717) is 12.1 Å². The molecular formula is C11H13FN2. The van der Waals surface area contributed by atoms with Crippen LogP contribution in [0.15, 0.2) is 18.5 Å². The van der Waals surface area contributed by atoms with E-state index in [4.69, 9.17) is 5.73 Å². The normalized spacial score (nSPS) is 9.29. The molecule has 0 atom stereocenters. The highest BCUT2D eigenvalue weighted by molar-refractivity contribution is 5.31. The molecule has 0 aliphatic heterocycles. The van der Waals surface area contributed by atoms with E-state index in [1.54, 1.807) is 6.20 Å². The SMILES string of the molecule is NCCCCC#Cc1cncc(F)c1. The Bertz CT molecular complexity index is 339. The summed E-state index contributed by atoms with van der Waals surface area (Å²) in [5, 5.41) is 0. The Morgan fingerprint density at radius 2 is 2.21 bits per heavy atom. The first-order chi connectivity index (χ1) is 6.83. The highest BCUT2D eigenvalue weighted by atomic mass is 19.1. The Labute approximate surface area is 83.3 Å². The first kappa shape index (κ1) is 10.7. The van der Waals surface area contributed by atoms with E-state index in [1.165, 1.54) is 12.3 Å². The maximum atomic E-state index is 12.7. The van der Waals surface area contributed by atoms with Crippen molar-refractivity contribution in [2.45, 2.75) is 19.3 Å². The fourth-order valence-electron chi connectivity index (χ4n) is 1.00. The summed E-state index contributed by atoms with van der Waals surface area (Å²) in [6, 6.07) is 1.38. The Morgan fingerprint density at radius 3 is 2.93 bits per heavy atom. The third-order valence-electron chi connectivity index (χ3n) is 1.69. The molecule has 0 aliphatic carbocycles. The minimum Gasteiger partial charge on any atom is -0.330 e. The Hall–Kier alpha value is -1.40. The van der Waals surface area contributed by atoms with Crippen molar-refractivity contribution in [3.05, 3.63) is 29.8 Å². The molecule has 0 unspecified atom stereocenters. The minimum absolute atomic E-state index is 0.348. The molecule has 2 nitrogen and oxygen atoms in total. The van der Waals surface area contributed by atoms with Crippen LogP contribution < -0.4 is 5.73 Å². The highest BCUT2D eigenvalue weighted by Gasteiger charge is 1.90. The third kappa shape index (κ3) is 4.01. The summed E-state index contributed by atoms with van der Waals surface area (Å²) in [4.78, 5) is 3.70. The summed E-state index contributed by atoms with van der Waals surface area (Å²) in [6.07, 6.45) is 5.49. The van der Waals surface area contributed by atoms with Gasteiger partial charge in [-0.05, 0) is 25.5 Å². The van der Waals surface area contributed by atoms with Crippen LogP contribution in [0.3, 0.4) is 0 Å². The molecule has 0 amide bonds. The zero-order chi connectivity index (χ0) is 10.2. The second kappa shape index (κ2) is 6.11. The summed E-state index contributed by atoms with van der Waals surface area (Å²) in [5.41, 5.74) is 5.96. The van der Waals surface area contributed by atoms with Gasteiger partial charge in [0.2, 0.25) is 0 Å². The fraction of sp³-hybridized carbons (Fsp3) is 0.364. The molecule has 74 valence electrons. The van der Waals surface area contributed by atoms with Gasteiger partial charge >= 0.3 is 0 Å². The average Bonchev–Trinajstić information content (AvgIpc) is 2.18. The number of pyridine rings is 1.